The summed E-state index contributed by atoms with van der Waals surface area (Å²) in [5.41, 5.74) is 1.62. The molecule has 7 heteroatoms. The van der Waals surface area contributed by atoms with Crippen molar-refractivity contribution < 1.29 is 4.79 Å². The Kier molecular flexibility index (Phi) is 5.46. The number of carbonyl (C=O) groups excluding carboxylic acids is 1. The van der Waals surface area contributed by atoms with Crippen LogP contribution < -0.4 is 5.32 Å². The Hall–Kier alpha value is -0.590. The van der Waals surface area contributed by atoms with Gasteiger partial charge in [0, 0.05) is 6.54 Å². The van der Waals surface area contributed by atoms with E-state index in [1.54, 1.807) is 17.4 Å². The zero-order valence-electron chi connectivity index (χ0n) is 11.0. The second-order valence-electron chi connectivity index (χ2n) is 4.48. The summed E-state index contributed by atoms with van der Waals surface area (Å²) in [5, 5.41) is 7.03. The molecular weight excluding hydrogens is 335 g/mol. The van der Waals surface area contributed by atoms with E-state index >= 15 is 0 Å². The number of amides is 1. The molecule has 2 rings (SSSR count). The van der Waals surface area contributed by atoms with E-state index in [0.717, 1.165) is 0 Å². The molecule has 3 nitrogen and oxygen atoms in total. The van der Waals surface area contributed by atoms with Gasteiger partial charge in [-0.1, -0.05) is 23.2 Å². The monoisotopic (exact) mass is 348 g/mol. The maximum absolute atomic E-state index is 12.1. The van der Waals surface area contributed by atoms with Gasteiger partial charge in [-0.2, -0.15) is 11.3 Å². The van der Waals surface area contributed by atoms with Gasteiger partial charge in [0.25, 0.3) is 5.91 Å². The first-order valence-corrected chi connectivity index (χ1v) is 8.42. The predicted octanol–water partition coefficient (Wildman–Crippen LogP) is 4.15. The number of carbonyl (C=O) groups is 1. The third-order valence-electron chi connectivity index (χ3n) is 2.91. The Bertz CT molecular complexity index is 581. The Labute approximate surface area is 136 Å². The maximum atomic E-state index is 12.1. The van der Waals surface area contributed by atoms with E-state index in [2.05, 4.69) is 21.7 Å². The largest absolute Gasteiger partial charge is 0.350 e. The van der Waals surface area contributed by atoms with Crippen molar-refractivity contribution in [3.05, 3.63) is 42.7 Å². The topological polar surface area (TPSA) is 32.3 Å². The maximum Gasteiger partial charge on any atom is 0.253 e. The second-order valence-corrected chi connectivity index (χ2v) is 7.55. The quantitative estimate of drug-likeness (QED) is 0.880. The molecule has 2 aromatic rings. The first kappa shape index (κ1) is 15.8. The van der Waals surface area contributed by atoms with Crippen LogP contribution in [0.1, 0.15) is 22.0 Å². The van der Waals surface area contributed by atoms with Crippen molar-refractivity contribution in [3.63, 3.8) is 0 Å². The van der Waals surface area contributed by atoms with E-state index in [9.17, 15) is 4.79 Å². The molecule has 0 aliphatic carbocycles. The number of rotatable bonds is 5. The summed E-state index contributed by atoms with van der Waals surface area (Å²) in [5.74, 6) is -0.194. The van der Waals surface area contributed by atoms with Crippen LogP contribution in [0.15, 0.2) is 22.9 Å². The van der Waals surface area contributed by atoms with Crippen LogP contribution in [0.3, 0.4) is 0 Å². The van der Waals surface area contributed by atoms with Crippen LogP contribution in [-0.4, -0.2) is 31.4 Å². The fourth-order valence-electron chi connectivity index (χ4n) is 1.84. The molecule has 2 heterocycles. The number of nitrogens with one attached hydrogen (secondary N) is 1. The summed E-state index contributed by atoms with van der Waals surface area (Å²) in [6.07, 6.45) is 0. The van der Waals surface area contributed by atoms with Gasteiger partial charge in [0.2, 0.25) is 0 Å². The third kappa shape index (κ3) is 3.74. The third-order valence-corrected chi connectivity index (χ3v) is 5.10. The predicted molar refractivity (Wildman–Crippen MR) is 87.4 cm³/mol. The van der Waals surface area contributed by atoms with Gasteiger partial charge in [-0.05, 0) is 42.6 Å². The molecule has 0 aromatic carbocycles. The van der Waals surface area contributed by atoms with Crippen LogP contribution in [0.25, 0.3) is 0 Å². The SMILES string of the molecule is CN(C)[C@@H](CNC(=O)c1cc(Cl)sc1Cl)c1ccsc1. The van der Waals surface area contributed by atoms with Crippen LogP contribution in [0.4, 0.5) is 0 Å². The van der Waals surface area contributed by atoms with E-state index in [0.29, 0.717) is 20.8 Å². The fraction of sp³-hybridized carbons (Fsp3) is 0.308. The summed E-state index contributed by atoms with van der Waals surface area (Å²) in [6, 6.07) is 3.80. The van der Waals surface area contributed by atoms with Crippen molar-refractivity contribution in [1.82, 2.24) is 10.2 Å². The first-order chi connectivity index (χ1) is 9.49. The van der Waals surface area contributed by atoms with Gasteiger partial charge in [0.1, 0.15) is 4.34 Å². The van der Waals surface area contributed by atoms with Gasteiger partial charge in [-0.3, -0.25) is 4.79 Å². The molecule has 108 valence electrons. The molecular formula is C13H14Cl2N2OS2. The Morgan fingerprint density at radius 2 is 2.20 bits per heavy atom. The van der Waals surface area contributed by atoms with Crippen LogP contribution in [-0.2, 0) is 0 Å². The van der Waals surface area contributed by atoms with Gasteiger partial charge < -0.3 is 10.2 Å². The van der Waals surface area contributed by atoms with E-state index in [4.69, 9.17) is 23.2 Å². The highest BCUT2D eigenvalue weighted by Gasteiger charge is 2.18. The van der Waals surface area contributed by atoms with Gasteiger partial charge in [-0.25, -0.2) is 0 Å². The average Bonchev–Trinajstić information content (AvgIpc) is 2.99. The van der Waals surface area contributed by atoms with Gasteiger partial charge in [-0.15, -0.1) is 11.3 Å². The molecule has 20 heavy (non-hydrogen) atoms. The molecule has 0 aliphatic heterocycles. The molecule has 2 aromatic heterocycles. The van der Waals surface area contributed by atoms with Gasteiger partial charge in [0.05, 0.1) is 15.9 Å². The zero-order valence-corrected chi connectivity index (χ0v) is 14.2. The molecule has 1 amide bonds. The van der Waals surface area contributed by atoms with Crippen LogP contribution in [0, 0.1) is 0 Å². The lowest BCUT2D eigenvalue weighted by Gasteiger charge is -2.23. The molecule has 0 fully saturated rings. The minimum atomic E-state index is -0.194. The van der Waals surface area contributed by atoms with Crippen molar-refractivity contribution in [3.8, 4) is 0 Å². The molecule has 0 spiro atoms. The second kappa shape index (κ2) is 6.91. The average molecular weight is 349 g/mol. The molecule has 0 bridgehead atoms. The van der Waals surface area contributed by atoms with E-state index in [1.165, 1.54) is 16.9 Å². The molecule has 1 N–H and O–H groups in total. The summed E-state index contributed by atoms with van der Waals surface area (Å²) in [6.45, 7) is 0.520. The zero-order chi connectivity index (χ0) is 14.7. The van der Waals surface area contributed by atoms with Crippen molar-refractivity contribution in [2.24, 2.45) is 0 Å². The Morgan fingerprint density at radius 1 is 1.45 bits per heavy atom. The van der Waals surface area contributed by atoms with Crippen molar-refractivity contribution in [2.45, 2.75) is 6.04 Å². The molecule has 0 saturated heterocycles. The van der Waals surface area contributed by atoms with Crippen LogP contribution in [0.2, 0.25) is 8.67 Å². The summed E-state index contributed by atoms with van der Waals surface area (Å²) in [7, 11) is 3.98. The fourth-order valence-corrected chi connectivity index (χ4v) is 4.01. The number of likely N-dealkylation sites (N-methyl/N-ethyl adjacent to an activating group) is 1. The lowest BCUT2D eigenvalue weighted by atomic mass is 10.1. The number of hydrogen-bond acceptors (Lipinski definition) is 4. The normalized spacial score (nSPS) is 12.7. The minimum absolute atomic E-state index is 0.137. The van der Waals surface area contributed by atoms with E-state index in [-0.39, 0.29) is 11.9 Å². The summed E-state index contributed by atoms with van der Waals surface area (Å²) >= 11 is 14.7. The van der Waals surface area contributed by atoms with Crippen LogP contribution >= 0.6 is 45.9 Å². The number of halogens is 2. The molecule has 0 radical (unpaired) electrons. The highest BCUT2D eigenvalue weighted by atomic mass is 35.5. The highest BCUT2D eigenvalue weighted by Crippen LogP contribution is 2.31. The minimum Gasteiger partial charge on any atom is -0.350 e. The van der Waals surface area contributed by atoms with Crippen molar-refractivity contribution >= 4 is 51.8 Å². The molecule has 0 unspecified atom stereocenters. The lowest BCUT2D eigenvalue weighted by molar-refractivity contribution is 0.0942. The molecule has 0 aliphatic rings. The number of nitrogens with zero attached hydrogens (tertiary/aromatic N) is 1. The lowest BCUT2D eigenvalue weighted by Crippen LogP contribution is -2.34. The smallest absolute Gasteiger partial charge is 0.253 e. The molecule has 0 saturated carbocycles. The van der Waals surface area contributed by atoms with Crippen molar-refractivity contribution in [1.29, 1.82) is 0 Å². The Balaban J connectivity index is 2.03. The Morgan fingerprint density at radius 3 is 2.70 bits per heavy atom. The van der Waals surface area contributed by atoms with Gasteiger partial charge in [0.15, 0.2) is 0 Å². The van der Waals surface area contributed by atoms with E-state index < -0.39 is 0 Å². The van der Waals surface area contributed by atoms with Crippen molar-refractivity contribution in [2.75, 3.05) is 20.6 Å². The first-order valence-electron chi connectivity index (χ1n) is 5.90. The standard InChI is InChI=1S/C13H14Cl2N2OS2/c1-17(2)10(8-3-4-19-7-8)6-16-13(18)9-5-11(14)20-12(9)15/h3-5,7,10H,6H2,1-2H3,(H,16,18)/t10-/m0/s1. The highest BCUT2D eigenvalue weighted by molar-refractivity contribution is 7.20. The summed E-state index contributed by atoms with van der Waals surface area (Å²) in [4.78, 5) is 14.2. The van der Waals surface area contributed by atoms with E-state index in [1.807, 2.05) is 19.5 Å². The van der Waals surface area contributed by atoms with Gasteiger partial charge >= 0.3 is 0 Å². The van der Waals surface area contributed by atoms with Crippen LogP contribution in [0.5, 0.6) is 0 Å². The molecule has 1 atom stereocenters. The number of thiophene rings is 2. The summed E-state index contributed by atoms with van der Waals surface area (Å²) < 4.78 is 0.937. The number of hydrogen-bond donors (Lipinski definition) is 1.